The molecular formula is C76H58N2O3. The van der Waals surface area contributed by atoms with Crippen LogP contribution in [-0.2, 0) is 10.8 Å². The molecule has 81 heavy (non-hydrogen) atoms. The third kappa shape index (κ3) is 7.82. The maximum absolute atomic E-state index is 7.42. The fourth-order valence-electron chi connectivity index (χ4n) is 12.7. The van der Waals surface area contributed by atoms with E-state index < -0.39 is 0 Å². The largest absolute Gasteiger partial charge is 0.456 e. The van der Waals surface area contributed by atoms with Crippen LogP contribution in [0.25, 0.3) is 110 Å². The predicted molar refractivity (Wildman–Crippen MR) is 341 cm³/mol. The Kier molecular flexibility index (Phi) is 11.0. The number of fused-ring (bicyclic) bond motifs is 13. The summed E-state index contributed by atoms with van der Waals surface area (Å²) >= 11 is 0. The number of anilines is 6. The maximum atomic E-state index is 7.42. The fourth-order valence-corrected chi connectivity index (χ4v) is 12.7. The number of para-hydroxylation sites is 4. The van der Waals surface area contributed by atoms with E-state index in [9.17, 15) is 0 Å². The second-order valence-electron chi connectivity index (χ2n) is 23.6. The summed E-state index contributed by atoms with van der Waals surface area (Å²) in [7, 11) is 0. The topological polar surface area (TPSA) is 45.9 Å². The molecule has 0 aliphatic rings. The minimum Gasteiger partial charge on any atom is -0.456 e. The molecule has 0 bridgehead atoms. The second kappa shape index (κ2) is 18.4. The van der Waals surface area contributed by atoms with Crippen LogP contribution in [0.5, 0.6) is 0 Å². The van der Waals surface area contributed by atoms with Gasteiger partial charge < -0.3 is 23.1 Å². The van der Waals surface area contributed by atoms with Crippen molar-refractivity contribution in [3.63, 3.8) is 0 Å². The van der Waals surface area contributed by atoms with E-state index in [1.54, 1.807) is 0 Å². The van der Waals surface area contributed by atoms with Crippen LogP contribution in [-0.4, -0.2) is 0 Å². The van der Waals surface area contributed by atoms with Crippen molar-refractivity contribution >= 4 is 121 Å². The molecule has 390 valence electrons. The first kappa shape index (κ1) is 48.3. The first-order chi connectivity index (χ1) is 39.5. The molecule has 0 unspecified atom stereocenters. The highest BCUT2D eigenvalue weighted by molar-refractivity contribution is 6.30. The van der Waals surface area contributed by atoms with Crippen molar-refractivity contribution in [3.8, 4) is 22.3 Å². The first-order valence-electron chi connectivity index (χ1n) is 28.1. The minimum absolute atomic E-state index is 0.131. The van der Waals surface area contributed by atoms with Gasteiger partial charge in [-0.25, -0.2) is 0 Å². The molecule has 3 aromatic heterocycles. The van der Waals surface area contributed by atoms with E-state index in [1.165, 1.54) is 11.1 Å². The Morgan fingerprint density at radius 2 is 0.580 bits per heavy atom. The molecule has 3 heterocycles. The zero-order chi connectivity index (χ0) is 54.7. The van der Waals surface area contributed by atoms with Gasteiger partial charge in [0.1, 0.15) is 22.3 Å². The van der Waals surface area contributed by atoms with Crippen LogP contribution in [0.2, 0.25) is 0 Å². The van der Waals surface area contributed by atoms with Gasteiger partial charge in [-0.3, -0.25) is 0 Å². The van der Waals surface area contributed by atoms with E-state index in [4.69, 9.17) is 13.3 Å². The van der Waals surface area contributed by atoms with Gasteiger partial charge in [-0.15, -0.1) is 0 Å². The highest BCUT2D eigenvalue weighted by Crippen LogP contribution is 2.52. The summed E-state index contributed by atoms with van der Waals surface area (Å²) in [5.74, 6) is 0. The van der Waals surface area contributed by atoms with Gasteiger partial charge in [-0.05, 0) is 80.3 Å². The van der Waals surface area contributed by atoms with Gasteiger partial charge in [-0.2, -0.15) is 0 Å². The van der Waals surface area contributed by atoms with Gasteiger partial charge in [0.15, 0.2) is 11.2 Å². The van der Waals surface area contributed by atoms with Crippen molar-refractivity contribution in [3.05, 3.63) is 254 Å². The lowest BCUT2D eigenvalue weighted by Crippen LogP contribution is -2.11. The summed E-state index contributed by atoms with van der Waals surface area (Å²) < 4.78 is 21.8. The van der Waals surface area contributed by atoms with Crippen molar-refractivity contribution in [1.82, 2.24) is 0 Å². The van der Waals surface area contributed by atoms with Crippen LogP contribution < -0.4 is 9.80 Å². The molecular weight excluding hydrogens is 989 g/mol. The molecule has 5 heteroatoms. The van der Waals surface area contributed by atoms with Gasteiger partial charge >= 0.3 is 0 Å². The molecule has 0 spiro atoms. The van der Waals surface area contributed by atoms with E-state index in [0.29, 0.717) is 0 Å². The molecule has 0 N–H and O–H groups in total. The molecule has 15 rings (SSSR count). The molecule has 0 atom stereocenters. The number of furan rings is 3. The van der Waals surface area contributed by atoms with Gasteiger partial charge in [0.2, 0.25) is 0 Å². The Balaban J connectivity index is 0.991. The van der Waals surface area contributed by atoms with Crippen LogP contribution in [0.15, 0.2) is 256 Å². The predicted octanol–water partition coefficient (Wildman–Crippen LogP) is 22.6. The number of hydrogen-bond donors (Lipinski definition) is 0. The summed E-state index contributed by atoms with van der Waals surface area (Å²) in [5.41, 5.74) is 17.6. The van der Waals surface area contributed by atoms with Gasteiger partial charge in [0.25, 0.3) is 0 Å². The lowest BCUT2D eigenvalue weighted by Gasteiger charge is -2.27. The number of hydrogen-bond acceptors (Lipinski definition) is 5. The van der Waals surface area contributed by atoms with E-state index in [-0.39, 0.29) is 10.8 Å². The molecule has 0 fully saturated rings. The number of benzene rings is 12. The summed E-state index contributed by atoms with van der Waals surface area (Å²) in [6, 6.07) is 87.2. The van der Waals surface area contributed by atoms with Crippen LogP contribution in [0, 0.1) is 0 Å². The molecule has 0 aliphatic carbocycles. The van der Waals surface area contributed by atoms with Gasteiger partial charge in [-0.1, -0.05) is 236 Å². The Hall–Kier alpha value is -9.84. The Morgan fingerprint density at radius 1 is 0.259 bits per heavy atom. The summed E-state index contributed by atoms with van der Waals surface area (Å²) in [6.07, 6.45) is 0. The van der Waals surface area contributed by atoms with Crippen LogP contribution >= 0.6 is 0 Å². The highest BCUT2D eigenvalue weighted by atomic mass is 16.3. The number of rotatable bonds is 8. The van der Waals surface area contributed by atoms with Crippen LogP contribution in [0.3, 0.4) is 0 Å². The molecule has 0 radical (unpaired) electrons. The van der Waals surface area contributed by atoms with Crippen molar-refractivity contribution < 1.29 is 13.3 Å². The molecule has 5 nitrogen and oxygen atoms in total. The zero-order valence-corrected chi connectivity index (χ0v) is 46.2. The summed E-state index contributed by atoms with van der Waals surface area (Å²) in [4.78, 5) is 4.74. The molecule has 0 saturated heterocycles. The normalized spacial score (nSPS) is 12.3. The molecule has 0 saturated carbocycles. The number of nitrogens with zero attached hydrogens (tertiary/aromatic N) is 2. The van der Waals surface area contributed by atoms with Crippen LogP contribution in [0.1, 0.15) is 52.7 Å². The van der Waals surface area contributed by atoms with Gasteiger partial charge in [0, 0.05) is 77.7 Å². The van der Waals surface area contributed by atoms with Crippen molar-refractivity contribution in [2.24, 2.45) is 0 Å². The molecule has 0 amide bonds. The lowest BCUT2D eigenvalue weighted by atomic mass is 9.86. The lowest BCUT2D eigenvalue weighted by molar-refractivity contribution is 0.572. The van der Waals surface area contributed by atoms with Gasteiger partial charge in [0.05, 0.1) is 22.7 Å². The quantitative estimate of drug-likeness (QED) is 0.152. The molecule has 12 aromatic carbocycles. The molecule has 0 aliphatic heterocycles. The SMILES string of the molecule is CC(C)(C)c1cccc2c1oc1c(N(c3ccc(-c4ccccc4)cc3)c3cc4oc5cc(N(c6ccc(-c7ccccc7)cc6)c6cccc7c6oc6c(C(C)(C)C)cccc67)c6ccccc6c5c4c4ccccc34)cccc12. The van der Waals surface area contributed by atoms with Crippen LogP contribution in [0.4, 0.5) is 34.1 Å². The summed E-state index contributed by atoms with van der Waals surface area (Å²) in [6.45, 7) is 13.5. The zero-order valence-electron chi connectivity index (χ0n) is 46.2. The van der Waals surface area contributed by atoms with Crippen molar-refractivity contribution in [2.75, 3.05) is 9.80 Å². The average molecular weight is 1050 g/mol. The van der Waals surface area contributed by atoms with E-state index in [0.717, 1.165) is 144 Å². The first-order valence-corrected chi connectivity index (χ1v) is 28.1. The molecule has 15 aromatic rings. The van der Waals surface area contributed by atoms with E-state index in [1.807, 2.05) is 0 Å². The minimum atomic E-state index is -0.131. The standard InChI is InChI=1S/C76H58N2O3/c1-75(2,3)61-33-17-29-57-59-31-19-35-63(73(59)80-71(57)61)77(51-41-37-49(38-42-51)47-21-9-7-10-22-47)65-45-67-69(55-27-15-13-25-53(55)65)70-56-28-16-14-26-54(56)66(46-68(70)79-67)78(52-43-39-50(40-44-52)48-23-11-8-12-24-48)64-36-20-32-60-58-30-18-34-62(76(4,5)6)72(58)81-74(60)64/h7-46H,1-6H3. The fraction of sp³-hybridized carbons (Fsp3) is 0.105. The third-order valence-corrected chi connectivity index (χ3v) is 16.5. The maximum Gasteiger partial charge on any atom is 0.159 e. The second-order valence-corrected chi connectivity index (χ2v) is 23.6. The average Bonchev–Trinajstić information content (AvgIpc) is 2.81. The summed E-state index contributed by atoms with van der Waals surface area (Å²) in [5, 5.41) is 10.8. The smallest absolute Gasteiger partial charge is 0.159 e. The van der Waals surface area contributed by atoms with Crippen molar-refractivity contribution in [2.45, 2.75) is 52.4 Å². The van der Waals surface area contributed by atoms with Crippen molar-refractivity contribution in [1.29, 1.82) is 0 Å². The van der Waals surface area contributed by atoms with E-state index >= 15 is 0 Å². The third-order valence-electron chi connectivity index (χ3n) is 16.5. The Bertz CT molecular complexity index is 4620. The Morgan fingerprint density at radius 3 is 0.963 bits per heavy atom. The van der Waals surface area contributed by atoms with E-state index in [2.05, 4.69) is 294 Å². The monoisotopic (exact) mass is 1050 g/mol. The highest BCUT2D eigenvalue weighted by Gasteiger charge is 2.29. The Labute approximate surface area is 470 Å².